The number of nitrogens with one attached hydrogen (secondary N) is 2. The van der Waals surface area contributed by atoms with Crippen LogP contribution >= 0.6 is 0 Å². The minimum atomic E-state index is -0.715. The normalized spacial score (nSPS) is 22.6. The van der Waals surface area contributed by atoms with Crippen LogP contribution < -0.4 is 10.6 Å². The van der Waals surface area contributed by atoms with Crippen molar-refractivity contribution >= 4 is 11.8 Å². The van der Waals surface area contributed by atoms with Crippen LogP contribution in [-0.4, -0.2) is 64.8 Å². The maximum Gasteiger partial charge on any atom is 0.253 e. The lowest BCUT2D eigenvalue weighted by Gasteiger charge is -2.30. The van der Waals surface area contributed by atoms with Crippen molar-refractivity contribution < 1.29 is 19.8 Å². The third-order valence-corrected chi connectivity index (χ3v) is 5.84. The number of allylic oxidation sites excluding steroid dienone is 2. The van der Waals surface area contributed by atoms with Crippen molar-refractivity contribution in [3.63, 3.8) is 0 Å². The van der Waals surface area contributed by atoms with Crippen LogP contribution in [0.2, 0.25) is 0 Å². The number of hydrogen-bond donors (Lipinski definition) is 4. The summed E-state index contributed by atoms with van der Waals surface area (Å²) in [7, 11) is 0. The van der Waals surface area contributed by atoms with Gasteiger partial charge in [0.25, 0.3) is 5.91 Å². The molecule has 0 aliphatic carbocycles. The molecule has 2 heterocycles. The Kier molecular flexibility index (Phi) is 7.79. The predicted molar refractivity (Wildman–Crippen MR) is 119 cm³/mol. The smallest absolute Gasteiger partial charge is 0.253 e. The molecule has 4 N–H and O–H groups in total. The van der Waals surface area contributed by atoms with Crippen LogP contribution in [0.1, 0.15) is 24.5 Å². The largest absolute Gasteiger partial charge is 0.391 e. The number of amides is 2. The maximum absolute atomic E-state index is 12.5. The van der Waals surface area contributed by atoms with Crippen LogP contribution in [-0.2, 0) is 22.6 Å². The van der Waals surface area contributed by atoms with Gasteiger partial charge in [0.1, 0.15) is 0 Å². The van der Waals surface area contributed by atoms with Crippen molar-refractivity contribution in [1.29, 1.82) is 0 Å². The average molecular weight is 426 g/mol. The Balaban J connectivity index is 1.52. The number of aliphatic hydroxyl groups is 2. The van der Waals surface area contributed by atoms with Gasteiger partial charge in [0.05, 0.1) is 12.2 Å². The summed E-state index contributed by atoms with van der Waals surface area (Å²) in [5.41, 5.74) is 3.23. The lowest BCUT2D eigenvalue weighted by molar-refractivity contribution is -0.126. The van der Waals surface area contributed by atoms with Crippen molar-refractivity contribution in [3.8, 4) is 0 Å². The number of β-amino-alcohol motifs (C(OH)–C–C–N with tert-alkyl or cyclic N) is 1. The predicted octanol–water partition coefficient (Wildman–Crippen LogP) is 0.830. The Morgan fingerprint density at radius 3 is 2.74 bits per heavy atom. The molecule has 1 saturated heterocycles. The zero-order chi connectivity index (χ0) is 22.4. The molecule has 2 aliphatic heterocycles. The van der Waals surface area contributed by atoms with Crippen molar-refractivity contribution in [2.75, 3.05) is 19.6 Å². The van der Waals surface area contributed by atoms with E-state index in [2.05, 4.69) is 29.3 Å². The highest BCUT2D eigenvalue weighted by atomic mass is 16.3. The van der Waals surface area contributed by atoms with Gasteiger partial charge in [0.15, 0.2) is 0 Å². The maximum atomic E-state index is 12.5. The van der Waals surface area contributed by atoms with E-state index in [1.807, 2.05) is 12.1 Å². The molecule has 1 fully saturated rings. The molecule has 3 rings (SSSR count). The molecule has 3 atom stereocenters. The molecule has 7 nitrogen and oxygen atoms in total. The van der Waals surface area contributed by atoms with Crippen molar-refractivity contribution in [2.24, 2.45) is 0 Å². The van der Waals surface area contributed by atoms with Crippen LogP contribution in [0.3, 0.4) is 0 Å². The number of aliphatic hydroxyl groups excluding tert-OH is 2. The molecule has 7 heteroatoms. The standard InChI is InChI=1S/C24H31N3O4/c1-3-17(24(31)27-11-10-20(28)15-27)9-8-16(2)23(30)26-14-22(29)21-12-18-6-4-5-7-19(18)13-25-21/h3-9,20-22,25,28-29H,1,10-15H2,2H3,(H,26,30)/b16-8+,17-9+/t20?,21-,22+/m0/s1. The van der Waals surface area contributed by atoms with Crippen LogP contribution in [0.4, 0.5) is 0 Å². The minimum absolute atomic E-state index is 0.125. The first-order chi connectivity index (χ1) is 14.9. The van der Waals surface area contributed by atoms with E-state index in [1.54, 1.807) is 24.0 Å². The van der Waals surface area contributed by atoms with Crippen molar-refractivity contribution in [2.45, 2.75) is 44.6 Å². The number of fused-ring (bicyclic) bond motifs is 1. The van der Waals surface area contributed by atoms with E-state index in [-0.39, 0.29) is 24.4 Å². The zero-order valence-electron chi connectivity index (χ0n) is 17.9. The fraction of sp³-hybridized carbons (Fsp3) is 0.417. The number of nitrogens with zero attached hydrogens (tertiary/aromatic N) is 1. The van der Waals surface area contributed by atoms with Gasteiger partial charge in [-0.3, -0.25) is 9.59 Å². The van der Waals surface area contributed by atoms with Crippen LogP contribution in [0.25, 0.3) is 0 Å². The van der Waals surface area contributed by atoms with E-state index in [0.717, 1.165) is 0 Å². The summed E-state index contributed by atoms with van der Waals surface area (Å²) < 4.78 is 0. The summed E-state index contributed by atoms with van der Waals surface area (Å²) in [6.07, 6.45) is 4.65. The Labute approximate surface area is 183 Å². The van der Waals surface area contributed by atoms with Gasteiger partial charge < -0.3 is 25.7 Å². The molecular weight excluding hydrogens is 394 g/mol. The third kappa shape index (κ3) is 5.91. The topological polar surface area (TPSA) is 102 Å². The number of carbonyl (C=O) groups excluding carboxylic acids is 2. The van der Waals surface area contributed by atoms with Gasteiger partial charge in [-0.15, -0.1) is 0 Å². The van der Waals surface area contributed by atoms with Crippen molar-refractivity contribution in [3.05, 3.63) is 71.3 Å². The molecule has 1 aromatic carbocycles. The number of carbonyl (C=O) groups is 2. The van der Waals surface area contributed by atoms with E-state index in [4.69, 9.17) is 0 Å². The summed E-state index contributed by atoms with van der Waals surface area (Å²) in [5, 5.41) is 26.2. The highest BCUT2D eigenvalue weighted by Gasteiger charge is 2.26. The minimum Gasteiger partial charge on any atom is -0.391 e. The molecule has 0 spiro atoms. The molecule has 0 saturated carbocycles. The molecule has 31 heavy (non-hydrogen) atoms. The second-order valence-corrected chi connectivity index (χ2v) is 8.11. The van der Waals surface area contributed by atoms with Crippen LogP contribution in [0.5, 0.6) is 0 Å². The van der Waals surface area contributed by atoms with E-state index in [9.17, 15) is 19.8 Å². The molecule has 1 aromatic rings. The first kappa shape index (κ1) is 22.9. The van der Waals surface area contributed by atoms with Gasteiger partial charge in [0, 0.05) is 43.4 Å². The van der Waals surface area contributed by atoms with Gasteiger partial charge in [0.2, 0.25) is 5.91 Å². The van der Waals surface area contributed by atoms with E-state index < -0.39 is 12.2 Å². The molecule has 0 radical (unpaired) electrons. The zero-order valence-corrected chi connectivity index (χ0v) is 17.9. The molecular formula is C24H31N3O4. The molecule has 1 unspecified atom stereocenters. The average Bonchev–Trinajstić information content (AvgIpc) is 3.23. The quantitative estimate of drug-likeness (QED) is 0.383. The number of hydrogen-bond acceptors (Lipinski definition) is 5. The number of benzene rings is 1. The second kappa shape index (κ2) is 10.5. The van der Waals surface area contributed by atoms with Gasteiger partial charge >= 0.3 is 0 Å². The Bertz CT molecular complexity index is 893. The fourth-order valence-corrected chi connectivity index (χ4v) is 3.86. The van der Waals surface area contributed by atoms with E-state index >= 15 is 0 Å². The fourth-order valence-electron chi connectivity index (χ4n) is 3.86. The third-order valence-electron chi connectivity index (χ3n) is 5.84. The van der Waals surface area contributed by atoms with Gasteiger partial charge in [-0.1, -0.05) is 43.0 Å². The van der Waals surface area contributed by atoms with Crippen molar-refractivity contribution in [1.82, 2.24) is 15.5 Å². The SMILES string of the molecule is C=C/C(=C\C=C(/C)C(=O)NC[C@@H](O)[C@@H]1Cc2ccccc2CN1)C(=O)N1CCC(O)C1. The van der Waals surface area contributed by atoms with E-state index in [0.29, 0.717) is 43.6 Å². The first-order valence-electron chi connectivity index (χ1n) is 10.6. The van der Waals surface area contributed by atoms with Crippen LogP contribution in [0.15, 0.2) is 60.2 Å². The first-order valence-corrected chi connectivity index (χ1v) is 10.6. The molecule has 166 valence electrons. The second-order valence-electron chi connectivity index (χ2n) is 8.11. The molecule has 2 amide bonds. The number of likely N-dealkylation sites (tertiary alicyclic amines) is 1. The van der Waals surface area contributed by atoms with Crippen LogP contribution in [0, 0.1) is 0 Å². The Morgan fingerprint density at radius 2 is 2.06 bits per heavy atom. The lowest BCUT2D eigenvalue weighted by atomic mass is 9.93. The van der Waals surface area contributed by atoms with Gasteiger partial charge in [-0.2, -0.15) is 0 Å². The summed E-state index contributed by atoms with van der Waals surface area (Å²) in [5.74, 6) is -0.519. The highest BCUT2D eigenvalue weighted by molar-refractivity contribution is 5.97. The molecule has 0 aromatic heterocycles. The Hall–Kier alpha value is -2.74. The van der Waals surface area contributed by atoms with Gasteiger partial charge in [-0.05, 0) is 37.0 Å². The molecule has 2 aliphatic rings. The lowest BCUT2D eigenvalue weighted by Crippen LogP contribution is -2.49. The Morgan fingerprint density at radius 1 is 1.32 bits per heavy atom. The monoisotopic (exact) mass is 425 g/mol. The van der Waals surface area contributed by atoms with E-state index in [1.165, 1.54) is 17.2 Å². The number of rotatable bonds is 7. The van der Waals surface area contributed by atoms with Gasteiger partial charge in [-0.25, -0.2) is 0 Å². The summed E-state index contributed by atoms with van der Waals surface area (Å²) in [4.78, 5) is 26.5. The summed E-state index contributed by atoms with van der Waals surface area (Å²) >= 11 is 0. The highest BCUT2D eigenvalue weighted by Crippen LogP contribution is 2.18. The molecule has 0 bridgehead atoms. The summed E-state index contributed by atoms with van der Waals surface area (Å²) in [6.45, 7) is 6.97. The summed E-state index contributed by atoms with van der Waals surface area (Å²) in [6, 6.07) is 8.00.